The Balaban J connectivity index is 2.96. The Labute approximate surface area is 89.6 Å². The van der Waals surface area contributed by atoms with Crippen molar-refractivity contribution in [2.45, 2.75) is 6.92 Å². The molecular formula is C11H16N2O2. The van der Waals surface area contributed by atoms with Gasteiger partial charge in [-0.05, 0) is 19.1 Å². The molecular weight excluding hydrogens is 192 g/mol. The predicted octanol–water partition coefficient (Wildman–Crippen LogP) is 1.01. The topological polar surface area (TPSA) is 55.6 Å². The summed E-state index contributed by atoms with van der Waals surface area (Å²) in [7, 11) is 1.60. The Kier molecular flexibility index (Phi) is 4.12. The van der Waals surface area contributed by atoms with Gasteiger partial charge < -0.3 is 15.4 Å². The minimum absolute atomic E-state index is 0.0189. The van der Waals surface area contributed by atoms with Gasteiger partial charge in [-0.3, -0.25) is 4.79 Å². The predicted molar refractivity (Wildman–Crippen MR) is 60.1 cm³/mol. The van der Waals surface area contributed by atoms with E-state index in [-0.39, 0.29) is 12.5 Å². The van der Waals surface area contributed by atoms with E-state index in [0.717, 1.165) is 11.4 Å². The lowest BCUT2D eigenvalue weighted by molar-refractivity contribution is -0.117. The van der Waals surface area contributed by atoms with Gasteiger partial charge in [0.15, 0.2) is 0 Å². The minimum Gasteiger partial charge on any atom is -0.497 e. The first-order chi connectivity index (χ1) is 7.22. The summed E-state index contributed by atoms with van der Waals surface area (Å²) in [4.78, 5) is 13.1. The minimum atomic E-state index is -0.0919. The summed E-state index contributed by atoms with van der Waals surface area (Å²) < 4.78 is 5.09. The molecule has 0 saturated carbocycles. The summed E-state index contributed by atoms with van der Waals surface area (Å²) in [6, 6.07) is 7.36. The Morgan fingerprint density at radius 3 is 2.80 bits per heavy atom. The molecule has 0 atom stereocenters. The van der Waals surface area contributed by atoms with Gasteiger partial charge in [-0.1, -0.05) is 6.07 Å². The highest BCUT2D eigenvalue weighted by Crippen LogP contribution is 2.20. The quantitative estimate of drug-likeness (QED) is 0.803. The average molecular weight is 208 g/mol. The molecule has 1 aromatic rings. The van der Waals surface area contributed by atoms with Gasteiger partial charge in [0, 0.05) is 18.3 Å². The summed E-state index contributed by atoms with van der Waals surface area (Å²) in [6.07, 6.45) is 0. The van der Waals surface area contributed by atoms with E-state index >= 15 is 0 Å². The molecule has 0 aromatic heterocycles. The van der Waals surface area contributed by atoms with E-state index in [4.69, 9.17) is 10.5 Å². The normalized spacial score (nSPS) is 9.80. The Morgan fingerprint density at radius 1 is 1.53 bits per heavy atom. The van der Waals surface area contributed by atoms with Crippen LogP contribution in [-0.4, -0.2) is 26.1 Å². The lowest BCUT2D eigenvalue weighted by Crippen LogP contribution is -2.35. The monoisotopic (exact) mass is 208 g/mol. The van der Waals surface area contributed by atoms with Crippen molar-refractivity contribution in [1.29, 1.82) is 0 Å². The molecule has 0 aliphatic rings. The van der Waals surface area contributed by atoms with Gasteiger partial charge in [0.2, 0.25) is 5.91 Å². The number of likely N-dealkylation sites (N-methyl/N-ethyl adjacent to an activating group) is 1. The standard InChI is InChI=1S/C11H16N2O2/c1-3-13(11(14)8-12)9-5-4-6-10(7-9)15-2/h4-7H,3,8,12H2,1-2H3. The van der Waals surface area contributed by atoms with Gasteiger partial charge in [-0.2, -0.15) is 0 Å². The van der Waals surface area contributed by atoms with Gasteiger partial charge in [0.25, 0.3) is 0 Å². The Morgan fingerprint density at radius 2 is 2.27 bits per heavy atom. The number of nitrogens with zero attached hydrogens (tertiary/aromatic N) is 1. The van der Waals surface area contributed by atoms with Gasteiger partial charge in [-0.15, -0.1) is 0 Å². The van der Waals surface area contributed by atoms with Crippen LogP contribution in [0.15, 0.2) is 24.3 Å². The van der Waals surface area contributed by atoms with Gasteiger partial charge in [0.1, 0.15) is 5.75 Å². The number of anilines is 1. The molecule has 0 spiro atoms. The molecule has 0 aliphatic heterocycles. The lowest BCUT2D eigenvalue weighted by atomic mass is 10.2. The maximum absolute atomic E-state index is 11.5. The summed E-state index contributed by atoms with van der Waals surface area (Å²) in [5.74, 6) is 0.640. The van der Waals surface area contributed by atoms with E-state index in [9.17, 15) is 4.79 Å². The number of nitrogens with two attached hydrogens (primary N) is 1. The van der Waals surface area contributed by atoms with E-state index in [0.29, 0.717) is 6.54 Å². The van der Waals surface area contributed by atoms with Crippen LogP contribution in [0, 0.1) is 0 Å². The van der Waals surface area contributed by atoms with Crippen LogP contribution < -0.4 is 15.4 Å². The lowest BCUT2D eigenvalue weighted by Gasteiger charge is -2.20. The number of rotatable bonds is 4. The van der Waals surface area contributed by atoms with E-state index in [1.807, 2.05) is 31.2 Å². The number of ether oxygens (including phenoxy) is 1. The SMILES string of the molecule is CCN(C(=O)CN)c1cccc(OC)c1. The molecule has 4 nitrogen and oxygen atoms in total. The van der Waals surface area contributed by atoms with Crippen molar-refractivity contribution in [3.8, 4) is 5.75 Å². The van der Waals surface area contributed by atoms with Crippen LogP contribution in [0.25, 0.3) is 0 Å². The van der Waals surface area contributed by atoms with Gasteiger partial charge >= 0.3 is 0 Å². The molecule has 0 fully saturated rings. The number of benzene rings is 1. The Bertz CT molecular complexity index is 339. The second-order valence-electron chi connectivity index (χ2n) is 3.04. The molecule has 4 heteroatoms. The fourth-order valence-electron chi connectivity index (χ4n) is 1.39. The third-order valence-corrected chi connectivity index (χ3v) is 2.16. The highest BCUT2D eigenvalue weighted by Gasteiger charge is 2.11. The number of methoxy groups -OCH3 is 1. The molecule has 15 heavy (non-hydrogen) atoms. The average Bonchev–Trinajstić information content (AvgIpc) is 2.30. The van der Waals surface area contributed by atoms with Crippen LogP contribution in [0.5, 0.6) is 5.75 Å². The summed E-state index contributed by atoms with van der Waals surface area (Å²) in [6.45, 7) is 2.53. The summed E-state index contributed by atoms with van der Waals surface area (Å²) in [5.41, 5.74) is 6.15. The largest absolute Gasteiger partial charge is 0.497 e. The molecule has 1 rings (SSSR count). The highest BCUT2D eigenvalue weighted by molar-refractivity contribution is 5.94. The molecule has 0 saturated heterocycles. The first kappa shape index (κ1) is 11.5. The maximum atomic E-state index is 11.5. The molecule has 1 aromatic carbocycles. The zero-order chi connectivity index (χ0) is 11.3. The number of amides is 1. The van der Waals surface area contributed by atoms with Crippen molar-refractivity contribution in [2.24, 2.45) is 5.73 Å². The molecule has 2 N–H and O–H groups in total. The van der Waals surface area contributed by atoms with Crippen molar-refractivity contribution in [1.82, 2.24) is 0 Å². The van der Waals surface area contributed by atoms with Crippen molar-refractivity contribution in [3.63, 3.8) is 0 Å². The molecule has 1 amide bonds. The second kappa shape index (κ2) is 5.36. The van der Waals surface area contributed by atoms with Crippen molar-refractivity contribution >= 4 is 11.6 Å². The van der Waals surface area contributed by atoms with Gasteiger partial charge in [0.05, 0.1) is 13.7 Å². The summed E-state index contributed by atoms with van der Waals surface area (Å²) >= 11 is 0. The molecule has 82 valence electrons. The molecule has 0 aliphatic carbocycles. The van der Waals surface area contributed by atoms with Gasteiger partial charge in [-0.25, -0.2) is 0 Å². The fraction of sp³-hybridized carbons (Fsp3) is 0.364. The summed E-state index contributed by atoms with van der Waals surface area (Å²) in [5, 5.41) is 0. The van der Waals surface area contributed by atoms with E-state index in [2.05, 4.69) is 0 Å². The van der Waals surface area contributed by atoms with Crippen molar-refractivity contribution in [3.05, 3.63) is 24.3 Å². The van der Waals surface area contributed by atoms with Crippen LogP contribution in [0.3, 0.4) is 0 Å². The number of hydrogen-bond acceptors (Lipinski definition) is 3. The van der Waals surface area contributed by atoms with Crippen molar-refractivity contribution in [2.75, 3.05) is 25.1 Å². The number of carbonyl (C=O) groups excluding carboxylic acids is 1. The van der Waals surface area contributed by atoms with Crippen LogP contribution in [0.4, 0.5) is 5.69 Å². The van der Waals surface area contributed by atoms with Crippen LogP contribution >= 0.6 is 0 Å². The smallest absolute Gasteiger partial charge is 0.240 e. The van der Waals surface area contributed by atoms with Crippen LogP contribution in [-0.2, 0) is 4.79 Å². The first-order valence-electron chi connectivity index (χ1n) is 4.87. The second-order valence-corrected chi connectivity index (χ2v) is 3.04. The Hall–Kier alpha value is -1.55. The highest BCUT2D eigenvalue weighted by atomic mass is 16.5. The molecule has 0 heterocycles. The maximum Gasteiger partial charge on any atom is 0.240 e. The zero-order valence-electron chi connectivity index (χ0n) is 9.06. The zero-order valence-corrected chi connectivity index (χ0v) is 9.06. The van der Waals surface area contributed by atoms with E-state index in [1.54, 1.807) is 12.0 Å². The number of carbonyl (C=O) groups is 1. The van der Waals surface area contributed by atoms with E-state index < -0.39 is 0 Å². The third kappa shape index (κ3) is 2.70. The first-order valence-corrected chi connectivity index (χ1v) is 4.87. The molecule has 0 radical (unpaired) electrons. The number of hydrogen-bond donors (Lipinski definition) is 1. The molecule has 0 bridgehead atoms. The van der Waals surface area contributed by atoms with Crippen molar-refractivity contribution < 1.29 is 9.53 Å². The fourth-order valence-corrected chi connectivity index (χ4v) is 1.39. The van der Waals surface area contributed by atoms with Crippen LogP contribution in [0.2, 0.25) is 0 Å². The van der Waals surface area contributed by atoms with Crippen LogP contribution in [0.1, 0.15) is 6.92 Å². The molecule has 0 unspecified atom stereocenters. The third-order valence-electron chi connectivity index (χ3n) is 2.16. The van der Waals surface area contributed by atoms with E-state index in [1.165, 1.54) is 0 Å².